The Morgan fingerprint density at radius 3 is 2.49 bits per heavy atom. The number of aryl methyl sites for hydroxylation is 1. The Labute approximate surface area is 205 Å². The Morgan fingerprint density at radius 1 is 1.09 bits per heavy atom. The summed E-state index contributed by atoms with van der Waals surface area (Å²) in [6, 6.07) is 13.8. The van der Waals surface area contributed by atoms with Crippen LogP contribution in [0.25, 0.3) is 11.1 Å². The molecule has 5 rings (SSSR count). The maximum absolute atomic E-state index is 13.8. The van der Waals surface area contributed by atoms with Gasteiger partial charge < -0.3 is 0 Å². The fourth-order valence-corrected chi connectivity index (χ4v) is 6.67. The van der Waals surface area contributed by atoms with E-state index in [1.807, 2.05) is 44.2 Å². The number of hydrogen-bond acceptors (Lipinski definition) is 4. The van der Waals surface area contributed by atoms with Crippen LogP contribution in [-0.2, 0) is 22.9 Å². The van der Waals surface area contributed by atoms with Gasteiger partial charge in [0.1, 0.15) is 5.82 Å². The number of hydrogen-bond donors (Lipinski definition) is 1. The van der Waals surface area contributed by atoms with Crippen molar-refractivity contribution in [1.82, 2.24) is 14.3 Å². The van der Waals surface area contributed by atoms with Gasteiger partial charge in [-0.1, -0.05) is 36.4 Å². The van der Waals surface area contributed by atoms with Crippen LogP contribution in [0.1, 0.15) is 61.9 Å². The molecule has 2 atom stereocenters. The highest BCUT2D eigenvalue weighted by molar-refractivity contribution is 7.90. The Balaban J connectivity index is 1.55. The molecule has 8 heteroatoms. The first-order valence-corrected chi connectivity index (χ1v) is 13.7. The molecule has 1 saturated carbocycles. The summed E-state index contributed by atoms with van der Waals surface area (Å²) in [7, 11) is -3.43. The smallest absolute Gasteiger partial charge is 0.257 e. The third-order valence-electron chi connectivity index (χ3n) is 7.04. The minimum Gasteiger partial charge on any atom is -0.296 e. The van der Waals surface area contributed by atoms with Crippen molar-refractivity contribution in [3.8, 4) is 11.1 Å². The van der Waals surface area contributed by atoms with Gasteiger partial charge in [0.25, 0.3) is 5.56 Å². The lowest BCUT2D eigenvalue weighted by Gasteiger charge is -2.33. The van der Waals surface area contributed by atoms with Gasteiger partial charge in [-0.25, -0.2) is 22.5 Å². The molecule has 0 amide bonds. The monoisotopic (exact) mass is 495 g/mol. The molecular formula is C27H30FN3O3S. The molecule has 2 aromatic carbocycles. The number of rotatable bonds is 7. The third-order valence-corrected chi connectivity index (χ3v) is 9.02. The van der Waals surface area contributed by atoms with Crippen molar-refractivity contribution in [2.24, 2.45) is 0 Å². The van der Waals surface area contributed by atoms with E-state index in [0.717, 1.165) is 22.4 Å². The maximum atomic E-state index is 13.8. The van der Waals surface area contributed by atoms with Crippen LogP contribution in [0.15, 0.2) is 59.7 Å². The average Bonchev–Trinajstić information content (AvgIpc) is 3.67. The van der Waals surface area contributed by atoms with E-state index in [2.05, 4.69) is 9.71 Å². The molecule has 2 aliphatic rings. The molecule has 1 heterocycles. The summed E-state index contributed by atoms with van der Waals surface area (Å²) in [6.07, 6.45) is 4.59. The van der Waals surface area contributed by atoms with Crippen molar-refractivity contribution in [3.63, 3.8) is 0 Å². The number of sulfonamides is 1. The van der Waals surface area contributed by atoms with Crippen molar-refractivity contribution in [1.29, 1.82) is 0 Å². The molecule has 1 N–H and O–H groups in total. The Hall–Kier alpha value is -2.84. The van der Waals surface area contributed by atoms with Gasteiger partial charge in [-0.2, -0.15) is 0 Å². The fourth-order valence-electron chi connectivity index (χ4n) is 5.02. The molecular weight excluding hydrogens is 465 g/mol. The van der Waals surface area contributed by atoms with E-state index in [0.29, 0.717) is 37.7 Å². The second-order valence-corrected chi connectivity index (χ2v) is 11.9. The molecule has 0 spiro atoms. The number of benzene rings is 2. The van der Waals surface area contributed by atoms with Gasteiger partial charge in [0.05, 0.1) is 17.3 Å². The number of nitrogens with zero attached hydrogens (tertiary/aromatic N) is 2. The summed E-state index contributed by atoms with van der Waals surface area (Å²) in [5.74, 6) is -0.648. The van der Waals surface area contributed by atoms with Crippen LogP contribution in [0, 0.1) is 5.82 Å². The first kappa shape index (κ1) is 23.9. The van der Waals surface area contributed by atoms with Gasteiger partial charge >= 0.3 is 0 Å². The van der Waals surface area contributed by atoms with Crippen LogP contribution >= 0.6 is 0 Å². The molecule has 184 valence electrons. The van der Waals surface area contributed by atoms with Gasteiger partial charge in [-0.3, -0.25) is 9.36 Å². The van der Waals surface area contributed by atoms with E-state index in [1.165, 1.54) is 12.1 Å². The van der Waals surface area contributed by atoms with Crippen LogP contribution in [0.5, 0.6) is 0 Å². The van der Waals surface area contributed by atoms with Crippen molar-refractivity contribution in [2.45, 2.75) is 69.2 Å². The summed E-state index contributed by atoms with van der Waals surface area (Å²) in [5, 5.41) is -0.331. The molecule has 0 aliphatic heterocycles. The molecule has 35 heavy (non-hydrogen) atoms. The molecule has 0 bridgehead atoms. The van der Waals surface area contributed by atoms with Crippen molar-refractivity contribution in [3.05, 3.63) is 87.9 Å². The zero-order valence-corrected chi connectivity index (χ0v) is 20.8. The van der Waals surface area contributed by atoms with Crippen LogP contribution in [0.3, 0.4) is 0 Å². The van der Waals surface area contributed by atoms with Gasteiger partial charge in [-0.15, -0.1) is 0 Å². The topological polar surface area (TPSA) is 81.1 Å². The maximum Gasteiger partial charge on any atom is 0.257 e. The first-order valence-electron chi connectivity index (χ1n) is 12.2. The zero-order valence-electron chi connectivity index (χ0n) is 19.9. The number of nitrogens with one attached hydrogen (secondary N) is 1. The molecule has 1 aromatic heterocycles. The molecule has 3 aromatic rings. The van der Waals surface area contributed by atoms with E-state index < -0.39 is 10.0 Å². The van der Waals surface area contributed by atoms with Crippen molar-refractivity contribution < 1.29 is 12.8 Å². The third kappa shape index (κ3) is 4.95. The summed E-state index contributed by atoms with van der Waals surface area (Å²) in [6.45, 7) is 3.87. The predicted molar refractivity (Wildman–Crippen MR) is 134 cm³/mol. The van der Waals surface area contributed by atoms with E-state index >= 15 is 0 Å². The highest BCUT2D eigenvalue weighted by Crippen LogP contribution is 2.35. The van der Waals surface area contributed by atoms with Crippen molar-refractivity contribution in [2.75, 3.05) is 0 Å². The SMILES string of the molecule is CC(C)n1cnc2c(c1=O)[C@@H](Cc1cccc(-c3cccc(F)c3)c1)[C@@H](NS(=O)(=O)C1CC1)CC2. The summed E-state index contributed by atoms with van der Waals surface area (Å²) in [5.41, 5.74) is 3.85. The van der Waals surface area contributed by atoms with E-state index in [1.54, 1.807) is 17.0 Å². The molecule has 6 nitrogen and oxygen atoms in total. The summed E-state index contributed by atoms with van der Waals surface area (Å²) < 4.78 is 44.1. The van der Waals surface area contributed by atoms with Gasteiger partial charge in [0, 0.05) is 23.6 Å². The first-order chi connectivity index (χ1) is 16.7. The lowest BCUT2D eigenvalue weighted by molar-refractivity contribution is 0.412. The molecule has 0 saturated heterocycles. The lowest BCUT2D eigenvalue weighted by Crippen LogP contribution is -2.46. The Morgan fingerprint density at radius 2 is 1.80 bits per heavy atom. The second-order valence-electron chi connectivity index (χ2n) is 9.94. The van der Waals surface area contributed by atoms with Gasteiger partial charge in [0.2, 0.25) is 10.0 Å². The Bertz CT molecular complexity index is 1410. The minimum atomic E-state index is -3.43. The Kier molecular flexibility index (Phi) is 6.36. The predicted octanol–water partition coefficient (Wildman–Crippen LogP) is 4.35. The van der Waals surface area contributed by atoms with E-state index in [9.17, 15) is 17.6 Å². The van der Waals surface area contributed by atoms with Gasteiger partial charge in [-0.05, 0) is 74.8 Å². The summed E-state index contributed by atoms with van der Waals surface area (Å²) in [4.78, 5) is 18.1. The van der Waals surface area contributed by atoms with E-state index in [4.69, 9.17) is 0 Å². The highest BCUT2D eigenvalue weighted by atomic mass is 32.2. The minimum absolute atomic E-state index is 0.0548. The largest absolute Gasteiger partial charge is 0.296 e. The number of aromatic nitrogens is 2. The van der Waals surface area contributed by atoms with Crippen LogP contribution in [0.4, 0.5) is 4.39 Å². The highest BCUT2D eigenvalue weighted by Gasteiger charge is 2.41. The fraction of sp³-hybridized carbons (Fsp3) is 0.407. The number of halogens is 1. The summed E-state index contributed by atoms with van der Waals surface area (Å²) >= 11 is 0. The normalized spacial score (nSPS) is 20.1. The van der Waals surface area contributed by atoms with E-state index in [-0.39, 0.29) is 34.6 Å². The molecule has 1 fully saturated rings. The molecule has 2 aliphatic carbocycles. The lowest BCUT2D eigenvalue weighted by atomic mass is 9.78. The van der Waals surface area contributed by atoms with Crippen molar-refractivity contribution >= 4 is 10.0 Å². The quantitative estimate of drug-likeness (QED) is 0.528. The molecule has 0 radical (unpaired) electrons. The van der Waals surface area contributed by atoms with Crippen LogP contribution in [-0.4, -0.2) is 29.3 Å². The second kappa shape index (κ2) is 9.32. The van der Waals surface area contributed by atoms with Crippen LogP contribution < -0.4 is 10.3 Å². The standard InChI is InChI=1S/C27H30FN3O3S/c1-17(2)31-16-29-25-12-11-24(30-35(33,34)22-9-10-22)23(26(25)27(31)32)14-18-5-3-6-19(13-18)20-7-4-8-21(28)15-20/h3-8,13,15-17,22-24,30H,9-12,14H2,1-2H3/t23-,24-/m0/s1. The number of fused-ring (bicyclic) bond motifs is 1. The van der Waals surface area contributed by atoms with Crippen LogP contribution in [0.2, 0.25) is 0 Å². The molecule has 0 unspecified atom stereocenters. The van der Waals surface area contributed by atoms with Gasteiger partial charge in [0.15, 0.2) is 0 Å². The zero-order chi connectivity index (χ0) is 24.7. The average molecular weight is 496 g/mol.